The average Bonchev–Trinajstić information content (AvgIpc) is 2.84. The average molecular weight is 215 g/mol. The predicted octanol–water partition coefficient (Wildman–Crippen LogP) is -0.711. The topological polar surface area (TPSA) is 67.8 Å². The van der Waals surface area contributed by atoms with E-state index in [4.69, 9.17) is 9.47 Å². The van der Waals surface area contributed by atoms with Crippen molar-refractivity contribution in [3.05, 3.63) is 0 Å². The van der Waals surface area contributed by atoms with Crippen molar-refractivity contribution in [2.45, 2.75) is 25.0 Å². The predicted molar refractivity (Wildman–Crippen MR) is 52.3 cm³/mol. The number of nitrogens with one attached hydrogen (secondary N) is 1. The Kier molecular flexibility index (Phi) is 3.56. The molecular formula is C10H17NO4. The number of carbonyl (C=O) groups excluding carboxylic acids is 1. The second-order valence-corrected chi connectivity index (χ2v) is 4.21. The molecule has 5 nitrogen and oxygen atoms in total. The van der Waals surface area contributed by atoms with Gasteiger partial charge in [-0.25, -0.2) is 0 Å². The molecule has 86 valence electrons. The molecule has 2 rings (SSSR count). The zero-order valence-corrected chi connectivity index (χ0v) is 8.65. The fraction of sp³-hybridized carbons (Fsp3) is 0.900. The lowest BCUT2D eigenvalue weighted by atomic mass is 10.1. The number of aliphatic hydroxyl groups excluding tert-OH is 1. The van der Waals surface area contributed by atoms with E-state index in [1.165, 1.54) is 0 Å². The van der Waals surface area contributed by atoms with Gasteiger partial charge in [0.15, 0.2) is 0 Å². The van der Waals surface area contributed by atoms with Crippen LogP contribution in [0.1, 0.15) is 12.8 Å². The van der Waals surface area contributed by atoms with Crippen LogP contribution in [-0.4, -0.2) is 49.6 Å². The molecule has 15 heavy (non-hydrogen) atoms. The number of esters is 1. The third-order valence-corrected chi connectivity index (χ3v) is 2.88. The minimum Gasteiger partial charge on any atom is -0.464 e. The van der Waals surface area contributed by atoms with E-state index in [0.29, 0.717) is 32.1 Å². The van der Waals surface area contributed by atoms with Crippen molar-refractivity contribution in [2.75, 3.05) is 26.4 Å². The van der Waals surface area contributed by atoms with Crippen LogP contribution in [0.3, 0.4) is 0 Å². The maximum Gasteiger partial charge on any atom is 0.323 e. The Morgan fingerprint density at radius 3 is 3.07 bits per heavy atom. The molecule has 0 amide bonds. The van der Waals surface area contributed by atoms with Crippen molar-refractivity contribution in [2.24, 2.45) is 5.92 Å². The van der Waals surface area contributed by atoms with Crippen LogP contribution < -0.4 is 5.32 Å². The number of β-amino-alcohol motifs (C(OH)–C–C–N with tert-alkyl or cyclic N) is 1. The van der Waals surface area contributed by atoms with Crippen molar-refractivity contribution in [1.82, 2.24) is 5.32 Å². The Hall–Kier alpha value is -0.650. The fourth-order valence-corrected chi connectivity index (χ4v) is 1.91. The van der Waals surface area contributed by atoms with Gasteiger partial charge >= 0.3 is 5.97 Å². The molecule has 2 fully saturated rings. The second kappa shape index (κ2) is 4.92. The molecule has 1 unspecified atom stereocenters. The number of carbonyl (C=O) groups is 1. The number of hydrogen-bond acceptors (Lipinski definition) is 5. The molecule has 0 radical (unpaired) electrons. The molecule has 2 saturated heterocycles. The number of aliphatic hydroxyl groups is 1. The lowest BCUT2D eigenvalue weighted by Gasteiger charge is -2.12. The van der Waals surface area contributed by atoms with Crippen LogP contribution >= 0.6 is 0 Å². The van der Waals surface area contributed by atoms with Gasteiger partial charge in [-0.2, -0.15) is 0 Å². The van der Waals surface area contributed by atoms with E-state index < -0.39 is 6.10 Å². The summed E-state index contributed by atoms with van der Waals surface area (Å²) >= 11 is 0. The van der Waals surface area contributed by atoms with Gasteiger partial charge in [-0.3, -0.25) is 4.79 Å². The summed E-state index contributed by atoms with van der Waals surface area (Å²) in [6.07, 6.45) is 1.01. The van der Waals surface area contributed by atoms with Crippen molar-refractivity contribution < 1.29 is 19.4 Å². The molecule has 0 saturated carbocycles. The van der Waals surface area contributed by atoms with Crippen LogP contribution in [0.15, 0.2) is 0 Å². The van der Waals surface area contributed by atoms with E-state index in [-0.39, 0.29) is 12.0 Å². The van der Waals surface area contributed by atoms with E-state index in [1.807, 2.05) is 0 Å². The summed E-state index contributed by atoms with van der Waals surface area (Å²) in [6, 6.07) is -0.331. The Labute approximate surface area is 88.7 Å². The smallest absolute Gasteiger partial charge is 0.323 e. The normalized spacial score (nSPS) is 35.7. The summed E-state index contributed by atoms with van der Waals surface area (Å²) < 4.78 is 10.4. The van der Waals surface area contributed by atoms with Gasteiger partial charge in [-0.05, 0) is 6.42 Å². The molecule has 2 N–H and O–H groups in total. The lowest BCUT2D eigenvalue weighted by Crippen LogP contribution is -2.33. The Morgan fingerprint density at radius 2 is 2.47 bits per heavy atom. The highest BCUT2D eigenvalue weighted by Crippen LogP contribution is 2.14. The highest BCUT2D eigenvalue weighted by molar-refractivity contribution is 5.76. The third kappa shape index (κ3) is 2.90. The highest BCUT2D eigenvalue weighted by atomic mass is 16.5. The first-order valence-corrected chi connectivity index (χ1v) is 5.41. The van der Waals surface area contributed by atoms with Crippen LogP contribution in [0.25, 0.3) is 0 Å². The van der Waals surface area contributed by atoms with Gasteiger partial charge in [0.2, 0.25) is 0 Å². The van der Waals surface area contributed by atoms with E-state index in [1.54, 1.807) is 0 Å². The molecule has 2 heterocycles. The summed E-state index contributed by atoms with van der Waals surface area (Å²) in [5.41, 5.74) is 0. The van der Waals surface area contributed by atoms with Gasteiger partial charge in [0.25, 0.3) is 0 Å². The van der Waals surface area contributed by atoms with Gasteiger partial charge in [-0.15, -0.1) is 0 Å². The van der Waals surface area contributed by atoms with E-state index in [2.05, 4.69) is 5.32 Å². The van der Waals surface area contributed by atoms with Gasteiger partial charge in [-0.1, -0.05) is 0 Å². The first-order valence-electron chi connectivity index (χ1n) is 5.41. The molecule has 0 aromatic carbocycles. The summed E-state index contributed by atoms with van der Waals surface area (Å²) in [5, 5.41) is 12.2. The monoisotopic (exact) mass is 215 g/mol. The zero-order chi connectivity index (χ0) is 10.7. The van der Waals surface area contributed by atoms with Gasteiger partial charge in [0.1, 0.15) is 6.04 Å². The molecule has 0 bridgehead atoms. The molecule has 2 aliphatic heterocycles. The Morgan fingerprint density at radius 1 is 1.60 bits per heavy atom. The molecule has 0 aromatic rings. The first kappa shape index (κ1) is 10.9. The van der Waals surface area contributed by atoms with Gasteiger partial charge < -0.3 is 19.9 Å². The third-order valence-electron chi connectivity index (χ3n) is 2.88. The molecule has 3 atom stereocenters. The lowest BCUT2D eigenvalue weighted by molar-refractivity contribution is -0.147. The van der Waals surface area contributed by atoms with Crippen LogP contribution in [0.5, 0.6) is 0 Å². The summed E-state index contributed by atoms with van der Waals surface area (Å²) in [6.45, 7) is 2.37. The maximum atomic E-state index is 11.5. The van der Waals surface area contributed by atoms with Crippen molar-refractivity contribution in [1.29, 1.82) is 0 Å². The minimum absolute atomic E-state index is 0.251. The van der Waals surface area contributed by atoms with E-state index >= 15 is 0 Å². The zero-order valence-electron chi connectivity index (χ0n) is 8.65. The van der Waals surface area contributed by atoms with Gasteiger partial charge in [0, 0.05) is 25.5 Å². The Balaban J connectivity index is 1.67. The molecule has 2 aliphatic rings. The summed E-state index contributed by atoms with van der Waals surface area (Å²) in [5.74, 6) is 0.0960. The number of rotatable bonds is 3. The highest BCUT2D eigenvalue weighted by Gasteiger charge is 2.30. The minimum atomic E-state index is -0.419. The Bertz CT molecular complexity index is 227. The largest absolute Gasteiger partial charge is 0.464 e. The molecule has 0 spiro atoms. The quantitative estimate of drug-likeness (QED) is 0.609. The number of hydrogen-bond donors (Lipinski definition) is 2. The van der Waals surface area contributed by atoms with Crippen LogP contribution in [0.4, 0.5) is 0 Å². The molecule has 0 aliphatic carbocycles. The van der Waals surface area contributed by atoms with Crippen molar-refractivity contribution in [3.8, 4) is 0 Å². The molecule has 0 aromatic heterocycles. The van der Waals surface area contributed by atoms with Crippen molar-refractivity contribution >= 4 is 5.97 Å². The fourth-order valence-electron chi connectivity index (χ4n) is 1.91. The van der Waals surface area contributed by atoms with Crippen molar-refractivity contribution in [3.63, 3.8) is 0 Å². The SMILES string of the molecule is O=C(OCC1CCOC1)[C@H]1C[C@@H](O)CN1. The molecular weight excluding hydrogens is 198 g/mol. The van der Waals surface area contributed by atoms with E-state index in [0.717, 1.165) is 13.0 Å². The van der Waals surface area contributed by atoms with Crippen LogP contribution in [0, 0.1) is 5.92 Å². The number of ether oxygens (including phenoxy) is 2. The summed E-state index contributed by atoms with van der Waals surface area (Å²) in [4.78, 5) is 11.5. The van der Waals surface area contributed by atoms with Gasteiger partial charge in [0.05, 0.1) is 19.3 Å². The van der Waals surface area contributed by atoms with E-state index in [9.17, 15) is 9.90 Å². The maximum absolute atomic E-state index is 11.5. The second-order valence-electron chi connectivity index (χ2n) is 4.21. The molecule has 5 heteroatoms. The van der Waals surface area contributed by atoms with Crippen LogP contribution in [0.2, 0.25) is 0 Å². The first-order chi connectivity index (χ1) is 7.25. The van der Waals surface area contributed by atoms with Crippen LogP contribution in [-0.2, 0) is 14.3 Å². The standard InChI is InChI=1S/C10H17NO4/c12-8-3-9(11-4-8)10(13)15-6-7-1-2-14-5-7/h7-9,11-12H,1-6H2/t7?,8-,9-/m1/s1. The summed E-state index contributed by atoms with van der Waals surface area (Å²) in [7, 11) is 0.